The van der Waals surface area contributed by atoms with Crippen LogP contribution in [-0.4, -0.2) is 15.1 Å². The predicted molar refractivity (Wildman–Crippen MR) is 62.8 cm³/mol. The monoisotopic (exact) mass is 224 g/mol. The molecule has 15 heavy (non-hydrogen) atoms. The predicted octanol–water partition coefficient (Wildman–Crippen LogP) is 2.87. The molecule has 1 aromatic heterocycles. The molecule has 0 spiro atoms. The van der Waals surface area contributed by atoms with E-state index in [0.717, 1.165) is 5.01 Å². The molecule has 0 N–H and O–H groups in total. The summed E-state index contributed by atoms with van der Waals surface area (Å²) in [5.41, 5.74) is 0.230. The molecule has 3 nitrogen and oxygen atoms in total. The Morgan fingerprint density at radius 2 is 2.00 bits per heavy atom. The van der Waals surface area contributed by atoms with Crippen molar-refractivity contribution in [2.24, 2.45) is 5.41 Å². The molecule has 1 rings (SSSR count). The molecule has 4 heteroatoms. The van der Waals surface area contributed by atoms with Crippen LogP contribution in [0.5, 0.6) is 0 Å². The van der Waals surface area contributed by atoms with E-state index in [2.05, 4.69) is 9.36 Å². The van der Waals surface area contributed by atoms with E-state index < -0.39 is 0 Å². The second kappa shape index (κ2) is 4.23. The zero-order valence-corrected chi connectivity index (χ0v) is 10.6. The van der Waals surface area contributed by atoms with Gasteiger partial charge in [0.05, 0.1) is 5.57 Å². The average molecular weight is 224 g/mol. The van der Waals surface area contributed by atoms with Crippen LogP contribution in [0.15, 0.2) is 6.08 Å². The van der Waals surface area contributed by atoms with Gasteiger partial charge in [0.15, 0.2) is 11.6 Å². The van der Waals surface area contributed by atoms with Crippen LogP contribution in [0.3, 0.4) is 0 Å². The van der Waals surface area contributed by atoms with E-state index in [1.807, 2.05) is 34.6 Å². The molecule has 0 fully saturated rings. The Labute approximate surface area is 94.4 Å². The third-order valence-electron chi connectivity index (χ3n) is 1.98. The summed E-state index contributed by atoms with van der Waals surface area (Å²) in [6.45, 7) is 9.43. The van der Waals surface area contributed by atoms with Crippen molar-refractivity contribution in [3.63, 3.8) is 0 Å². The molecule has 0 atom stereocenters. The molecule has 1 heterocycles. The summed E-state index contributed by atoms with van der Waals surface area (Å²) in [5, 5.41) is 0.881. The highest BCUT2D eigenvalue weighted by Crippen LogP contribution is 2.25. The van der Waals surface area contributed by atoms with Crippen molar-refractivity contribution in [3.8, 4) is 0 Å². The first-order chi connectivity index (χ1) is 6.86. The van der Waals surface area contributed by atoms with Crippen molar-refractivity contribution >= 4 is 22.9 Å². The zero-order chi connectivity index (χ0) is 11.6. The summed E-state index contributed by atoms with van der Waals surface area (Å²) in [6, 6.07) is 0. The summed E-state index contributed by atoms with van der Waals surface area (Å²) in [5.74, 6) is 0.641. The maximum atomic E-state index is 12.1. The molecule has 0 aliphatic heterocycles. The molecule has 0 unspecified atom stereocenters. The first-order valence-electron chi connectivity index (χ1n) is 4.88. The summed E-state index contributed by atoms with van der Waals surface area (Å²) in [4.78, 5) is 16.3. The Kier molecular flexibility index (Phi) is 3.39. The Bertz CT molecular complexity index is 399. The molecular weight excluding hydrogens is 208 g/mol. The summed E-state index contributed by atoms with van der Waals surface area (Å²) < 4.78 is 4.16. The van der Waals surface area contributed by atoms with Crippen molar-refractivity contribution in [1.82, 2.24) is 9.36 Å². The fourth-order valence-corrected chi connectivity index (χ4v) is 1.66. The standard InChI is InChI=1S/C11H16N2OS/c1-6-8(9(14)11(3,4)5)10-12-7(2)15-13-10/h6H,1-5H3/b8-6+. The lowest BCUT2D eigenvalue weighted by molar-refractivity contribution is -0.120. The van der Waals surface area contributed by atoms with Gasteiger partial charge in [0.1, 0.15) is 5.01 Å². The molecule has 82 valence electrons. The van der Waals surface area contributed by atoms with E-state index in [1.165, 1.54) is 11.5 Å². The number of carbonyl (C=O) groups excluding carboxylic acids is 1. The lowest BCUT2D eigenvalue weighted by Crippen LogP contribution is -2.21. The molecule has 0 radical (unpaired) electrons. The molecular formula is C11H16N2OS. The van der Waals surface area contributed by atoms with Crippen LogP contribution in [0.2, 0.25) is 0 Å². The van der Waals surface area contributed by atoms with Gasteiger partial charge in [0, 0.05) is 5.41 Å². The minimum Gasteiger partial charge on any atom is -0.293 e. The minimum atomic E-state index is -0.388. The van der Waals surface area contributed by atoms with Crippen LogP contribution in [0, 0.1) is 12.3 Å². The molecule has 0 aliphatic carbocycles. The topological polar surface area (TPSA) is 42.9 Å². The van der Waals surface area contributed by atoms with E-state index in [-0.39, 0.29) is 11.2 Å². The fraction of sp³-hybridized carbons (Fsp3) is 0.545. The molecule has 0 saturated heterocycles. The molecule has 0 saturated carbocycles. The molecule has 0 amide bonds. The third-order valence-corrected chi connectivity index (χ3v) is 2.60. The Morgan fingerprint density at radius 3 is 2.33 bits per heavy atom. The Hall–Kier alpha value is -1.03. The van der Waals surface area contributed by atoms with Gasteiger partial charge in [-0.1, -0.05) is 26.8 Å². The first kappa shape index (κ1) is 12.0. The van der Waals surface area contributed by atoms with Gasteiger partial charge in [0.25, 0.3) is 0 Å². The highest BCUT2D eigenvalue weighted by molar-refractivity contribution is 7.05. The SMILES string of the molecule is C/C=C(\C(=O)C(C)(C)C)c1nsc(C)n1. The summed E-state index contributed by atoms with van der Waals surface area (Å²) in [7, 11) is 0. The van der Waals surface area contributed by atoms with Crippen LogP contribution in [0.25, 0.3) is 5.57 Å². The average Bonchev–Trinajstić information content (AvgIpc) is 2.51. The third kappa shape index (κ3) is 2.72. The second-order valence-corrected chi connectivity index (χ2v) is 5.37. The second-order valence-electron chi connectivity index (χ2n) is 4.42. The highest BCUT2D eigenvalue weighted by Gasteiger charge is 2.27. The number of carbonyl (C=O) groups is 1. The fourth-order valence-electron chi connectivity index (χ4n) is 1.17. The van der Waals surface area contributed by atoms with Gasteiger partial charge < -0.3 is 0 Å². The number of aromatic nitrogens is 2. The lowest BCUT2D eigenvalue weighted by Gasteiger charge is -2.17. The number of Topliss-reactive ketones (excluding diaryl/α,β-unsaturated/α-hetero) is 1. The molecule has 1 aromatic rings. The summed E-state index contributed by atoms with van der Waals surface area (Å²) >= 11 is 1.32. The number of ketones is 1. The largest absolute Gasteiger partial charge is 0.293 e. The van der Waals surface area contributed by atoms with Gasteiger partial charge in [-0.25, -0.2) is 4.98 Å². The smallest absolute Gasteiger partial charge is 0.176 e. The van der Waals surface area contributed by atoms with E-state index in [1.54, 1.807) is 6.08 Å². The lowest BCUT2D eigenvalue weighted by atomic mass is 9.86. The van der Waals surface area contributed by atoms with E-state index in [0.29, 0.717) is 11.4 Å². The normalized spacial score (nSPS) is 13.0. The van der Waals surface area contributed by atoms with Crippen LogP contribution < -0.4 is 0 Å². The quantitative estimate of drug-likeness (QED) is 0.725. The minimum absolute atomic E-state index is 0.0859. The van der Waals surface area contributed by atoms with Crippen LogP contribution in [0.4, 0.5) is 0 Å². The Balaban J connectivity index is 3.07. The van der Waals surface area contributed by atoms with Gasteiger partial charge in [-0.15, -0.1) is 0 Å². The van der Waals surface area contributed by atoms with Crippen LogP contribution in [-0.2, 0) is 4.79 Å². The number of nitrogens with zero attached hydrogens (tertiary/aromatic N) is 2. The van der Waals surface area contributed by atoms with Crippen LogP contribution >= 0.6 is 11.5 Å². The number of aryl methyl sites for hydroxylation is 1. The maximum absolute atomic E-state index is 12.1. The zero-order valence-electron chi connectivity index (χ0n) is 9.79. The Morgan fingerprint density at radius 1 is 1.40 bits per heavy atom. The highest BCUT2D eigenvalue weighted by atomic mass is 32.1. The van der Waals surface area contributed by atoms with Crippen LogP contribution in [0.1, 0.15) is 38.5 Å². The number of hydrogen-bond donors (Lipinski definition) is 0. The first-order valence-corrected chi connectivity index (χ1v) is 5.65. The molecule has 0 bridgehead atoms. The van der Waals surface area contributed by atoms with Gasteiger partial charge >= 0.3 is 0 Å². The van der Waals surface area contributed by atoms with E-state index in [4.69, 9.17) is 0 Å². The van der Waals surface area contributed by atoms with E-state index >= 15 is 0 Å². The van der Waals surface area contributed by atoms with Crippen molar-refractivity contribution in [2.75, 3.05) is 0 Å². The van der Waals surface area contributed by atoms with Crippen molar-refractivity contribution < 1.29 is 4.79 Å². The van der Waals surface area contributed by atoms with E-state index in [9.17, 15) is 4.79 Å². The van der Waals surface area contributed by atoms with Crippen molar-refractivity contribution in [3.05, 3.63) is 16.9 Å². The van der Waals surface area contributed by atoms with Crippen molar-refractivity contribution in [1.29, 1.82) is 0 Å². The number of allylic oxidation sites excluding steroid dienone is 2. The van der Waals surface area contributed by atoms with Crippen molar-refractivity contribution in [2.45, 2.75) is 34.6 Å². The number of hydrogen-bond acceptors (Lipinski definition) is 4. The maximum Gasteiger partial charge on any atom is 0.176 e. The molecule has 0 aliphatic rings. The summed E-state index contributed by atoms with van der Waals surface area (Å²) in [6.07, 6.45) is 1.79. The molecule has 0 aromatic carbocycles. The number of rotatable bonds is 2. The van der Waals surface area contributed by atoms with Gasteiger partial charge in [0.2, 0.25) is 0 Å². The van der Waals surface area contributed by atoms with Gasteiger partial charge in [-0.2, -0.15) is 4.37 Å². The van der Waals surface area contributed by atoms with Gasteiger partial charge in [-0.05, 0) is 25.4 Å². The van der Waals surface area contributed by atoms with Gasteiger partial charge in [-0.3, -0.25) is 4.79 Å².